The van der Waals surface area contributed by atoms with Crippen molar-refractivity contribution >= 4 is 0 Å². The highest BCUT2D eigenvalue weighted by Gasteiger charge is 2.13. The van der Waals surface area contributed by atoms with E-state index in [4.69, 9.17) is 5.73 Å². The standard InChI is InChI=1S/C13H21N3/c14-13(12-5-7-15-8-6-12)11-16-9-3-1-2-4-10-16/h5-8,13H,1-4,9-11,14H2. The summed E-state index contributed by atoms with van der Waals surface area (Å²) in [5, 5.41) is 0. The Morgan fingerprint density at radius 2 is 1.75 bits per heavy atom. The monoisotopic (exact) mass is 219 g/mol. The average Bonchev–Trinajstić information content (AvgIpc) is 2.59. The molecule has 0 amide bonds. The second-order valence-corrected chi connectivity index (χ2v) is 4.60. The minimum atomic E-state index is 0.126. The number of rotatable bonds is 3. The summed E-state index contributed by atoms with van der Waals surface area (Å²) < 4.78 is 0. The zero-order valence-electron chi connectivity index (χ0n) is 9.81. The highest BCUT2D eigenvalue weighted by atomic mass is 15.1. The lowest BCUT2D eigenvalue weighted by Gasteiger charge is -2.23. The van der Waals surface area contributed by atoms with Gasteiger partial charge < -0.3 is 10.6 Å². The van der Waals surface area contributed by atoms with E-state index in [1.807, 2.05) is 24.5 Å². The van der Waals surface area contributed by atoms with E-state index in [2.05, 4.69) is 9.88 Å². The van der Waals surface area contributed by atoms with Gasteiger partial charge in [0.1, 0.15) is 0 Å². The molecule has 0 aromatic carbocycles. The van der Waals surface area contributed by atoms with Crippen LogP contribution in [0.5, 0.6) is 0 Å². The van der Waals surface area contributed by atoms with Gasteiger partial charge in [-0.3, -0.25) is 4.98 Å². The Bertz CT molecular complexity index is 291. The summed E-state index contributed by atoms with van der Waals surface area (Å²) in [5.41, 5.74) is 7.40. The molecular formula is C13H21N3. The molecule has 1 atom stereocenters. The molecule has 1 unspecified atom stereocenters. The van der Waals surface area contributed by atoms with Crippen molar-refractivity contribution in [1.82, 2.24) is 9.88 Å². The highest BCUT2D eigenvalue weighted by Crippen LogP contribution is 2.14. The van der Waals surface area contributed by atoms with Crippen molar-refractivity contribution in [1.29, 1.82) is 0 Å². The van der Waals surface area contributed by atoms with Crippen molar-refractivity contribution in [2.45, 2.75) is 31.7 Å². The summed E-state index contributed by atoms with van der Waals surface area (Å²) in [4.78, 5) is 6.52. The molecule has 88 valence electrons. The van der Waals surface area contributed by atoms with E-state index in [1.165, 1.54) is 44.3 Å². The van der Waals surface area contributed by atoms with Gasteiger partial charge in [-0.2, -0.15) is 0 Å². The third kappa shape index (κ3) is 3.29. The summed E-state index contributed by atoms with van der Waals surface area (Å²) in [6.07, 6.45) is 9.03. The van der Waals surface area contributed by atoms with Crippen LogP contribution in [0, 0.1) is 0 Å². The van der Waals surface area contributed by atoms with Crippen molar-refractivity contribution in [2.24, 2.45) is 5.73 Å². The molecule has 1 saturated heterocycles. The number of nitrogens with zero attached hydrogens (tertiary/aromatic N) is 2. The summed E-state index contributed by atoms with van der Waals surface area (Å²) in [6, 6.07) is 4.16. The van der Waals surface area contributed by atoms with Crippen LogP contribution in [0.15, 0.2) is 24.5 Å². The maximum Gasteiger partial charge on any atom is 0.0425 e. The first-order valence-corrected chi connectivity index (χ1v) is 6.24. The zero-order valence-corrected chi connectivity index (χ0v) is 9.81. The minimum Gasteiger partial charge on any atom is -0.323 e. The van der Waals surface area contributed by atoms with Gasteiger partial charge in [0.15, 0.2) is 0 Å². The highest BCUT2D eigenvalue weighted by molar-refractivity contribution is 5.14. The van der Waals surface area contributed by atoms with Crippen molar-refractivity contribution in [3.05, 3.63) is 30.1 Å². The Kier molecular flexibility index (Phi) is 4.31. The molecule has 2 rings (SSSR count). The molecule has 0 spiro atoms. The predicted molar refractivity (Wildman–Crippen MR) is 66.1 cm³/mol. The number of aromatic nitrogens is 1. The van der Waals surface area contributed by atoms with E-state index in [0.29, 0.717) is 0 Å². The fraction of sp³-hybridized carbons (Fsp3) is 0.615. The second-order valence-electron chi connectivity index (χ2n) is 4.60. The van der Waals surface area contributed by atoms with Crippen LogP contribution in [0.2, 0.25) is 0 Å². The van der Waals surface area contributed by atoms with Crippen LogP contribution in [-0.4, -0.2) is 29.5 Å². The molecule has 1 aliphatic rings. The Hall–Kier alpha value is -0.930. The van der Waals surface area contributed by atoms with Crippen molar-refractivity contribution in [3.8, 4) is 0 Å². The number of likely N-dealkylation sites (tertiary alicyclic amines) is 1. The van der Waals surface area contributed by atoms with E-state index in [0.717, 1.165) is 6.54 Å². The van der Waals surface area contributed by atoms with Gasteiger partial charge in [-0.15, -0.1) is 0 Å². The Morgan fingerprint density at radius 3 is 2.38 bits per heavy atom. The second kappa shape index (κ2) is 5.97. The van der Waals surface area contributed by atoms with E-state index >= 15 is 0 Å². The van der Waals surface area contributed by atoms with Crippen LogP contribution in [0.4, 0.5) is 0 Å². The summed E-state index contributed by atoms with van der Waals surface area (Å²) in [6.45, 7) is 3.39. The van der Waals surface area contributed by atoms with Crippen LogP contribution in [0.1, 0.15) is 37.3 Å². The summed E-state index contributed by atoms with van der Waals surface area (Å²) in [7, 11) is 0. The fourth-order valence-corrected chi connectivity index (χ4v) is 2.31. The Morgan fingerprint density at radius 1 is 1.12 bits per heavy atom. The third-order valence-corrected chi connectivity index (χ3v) is 3.29. The molecule has 0 aliphatic carbocycles. The Labute approximate surface area is 97.7 Å². The van der Waals surface area contributed by atoms with Gasteiger partial charge in [0.25, 0.3) is 0 Å². The molecule has 3 heteroatoms. The number of nitrogens with two attached hydrogens (primary N) is 1. The molecule has 1 fully saturated rings. The lowest BCUT2D eigenvalue weighted by atomic mass is 10.1. The van der Waals surface area contributed by atoms with Crippen molar-refractivity contribution in [2.75, 3.05) is 19.6 Å². The first-order chi connectivity index (χ1) is 7.86. The molecule has 3 nitrogen and oxygen atoms in total. The molecular weight excluding hydrogens is 198 g/mol. The van der Waals surface area contributed by atoms with Gasteiger partial charge in [0.2, 0.25) is 0 Å². The lowest BCUT2D eigenvalue weighted by Crippen LogP contribution is -2.32. The largest absolute Gasteiger partial charge is 0.323 e. The lowest BCUT2D eigenvalue weighted by molar-refractivity contribution is 0.268. The molecule has 1 aromatic heterocycles. The topological polar surface area (TPSA) is 42.1 Å². The molecule has 0 bridgehead atoms. The summed E-state index contributed by atoms with van der Waals surface area (Å²) >= 11 is 0. The SMILES string of the molecule is NC(CN1CCCCCC1)c1ccncc1. The minimum absolute atomic E-state index is 0.126. The number of hydrogen-bond acceptors (Lipinski definition) is 3. The molecule has 2 N–H and O–H groups in total. The van der Waals surface area contributed by atoms with E-state index in [9.17, 15) is 0 Å². The third-order valence-electron chi connectivity index (χ3n) is 3.29. The van der Waals surface area contributed by atoms with Crippen LogP contribution in [0.3, 0.4) is 0 Å². The Balaban J connectivity index is 1.88. The van der Waals surface area contributed by atoms with Gasteiger partial charge in [0.05, 0.1) is 0 Å². The molecule has 1 aromatic rings. The normalized spacial score (nSPS) is 20.3. The first kappa shape index (κ1) is 11.6. The van der Waals surface area contributed by atoms with Gasteiger partial charge in [0, 0.05) is 25.0 Å². The van der Waals surface area contributed by atoms with Crippen molar-refractivity contribution in [3.63, 3.8) is 0 Å². The van der Waals surface area contributed by atoms with Gasteiger partial charge in [-0.25, -0.2) is 0 Å². The average molecular weight is 219 g/mol. The maximum absolute atomic E-state index is 6.21. The molecule has 16 heavy (non-hydrogen) atoms. The van der Waals surface area contributed by atoms with Gasteiger partial charge in [-0.05, 0) is 43.6 Å². The van der Waals surface area contributed by atoms with Crippen LogP contribution in [-0.2, 0) is 0 Å². The smallest absolute Gasteiger partial charge is 0.0425 e. The maximum atomic E-state index is 6.21. The summed E-state index contributed by atoms with van der Waals surface area (Å²) in [5.74, 6) is 0. The zero-order chi connectivity index (χ0) is 11.2. The quantitative estimate of drug-likeness (QED) is 0.845. The van der Waals surface area contributed by atoms with Crippen LogP contribution in [0.25, 0.3) is 0 Å². The van der Waals surface area contributed by atoms with Crippen LogP contribution < -0.4 is 5.73 Å². The first-order valence-electron chi connectivity index (χ1n) is 6.24. The van der Waals surface area contributed by atoms with E-state index in [1.54, 1.807) is 0 Å². The van der Waals surface area contributed by atoms with Crippen molar-refractivity contribution < 1.29 is 0 Å². The van der Waals surface area contributed by atoms with Crippen LogP contribution >= 0.6 is 0 Å². The number of pyridine rings is 1. The molecule has 2 heterocycles. The fourth-order valence-electron chi connectivity index (χ4n) is 2.31. The van der Waals surface area contributed by atoms with E-state index in [-0.39, 0.29) is 6.04 Å². The molecule has 1 aliphatic heterocycles. The van der Waals surface area contributed by atoms with E-state index < -0.39 is 0 Å². The van der Waals surface area contributed by atoms with Gasteiger partial charge in [-0.1, -0.05) is 12.8 Å². The number of hydrogen-bond donors (Lipinski definition) is 1. The molecule has 0 radical (unpaired) electrons. The van der Waals surface area contributed by atoms with Gasteiger partial charge >= 0.3 is 0 Å². The molecule has 0 saturated carbocycles. The predicted octanol–water partition coefficient (Wildman–Crippen LogP) is 1.96.